The second-order valence-corrected chi connectivity index (χ2v) is 6.71. The van der Waals surface area contributed by atoms with Crippen molar-refractivity contribution in [2.45, 2.75) is 19.9 Å². The first-order valence-electron chi connectivity index (χ1n) is 7.58. The van der Waals surface area contributed by atoms with Gasteiger partial charge >= 0.3 is 0 Å². The van der Waals surface area contributed by atoms with Crippen molar-refractivity contribution in [3.05, 3.63) is 52.5 Å². The number of rotatable bonds is 6. The molecule has 0 spiro atoms. The molecule has 0 heterocycles. The highest BCUT2D eigenvalue weighted by molar-refractivity contribution is 9.10. The van der Waals surface area contributed by atoms with E-state index < -0.39 is 0 Å². The Morgan fingerprint density at radius 3 is 2.46 bits per heavy atom. The molecule has 2 aromatic rings. The lowest BCUT2D eigenvalue weighted by Gasteiger charge is -2.18. The van der Waals surface area contributed by atoms with Gasteiger partial charge in [-0.2, -0.15) is 0 Å². The van der Waals surface area contributed by atoms with Crippen LogP contribution in [0.25, 0.3) is 0 Å². The molecule has 0 saturated carbocycles. The summed E-state index contributed by atoms with van der Waals surface area (Å²) >= 11 is 8.83. The van der Waals surface area contributed by atoms with Crippen molar-refractivity contribution < 1.29 is 9.47 Å². The van der Waals surface area contributed by atoms with Crippen LogP contribution < -0.4 is 20.1 Å². The van der Waals surface area contributed by atoms with Crippen LogP contribution >= 0.6 is 28.1 Å². The minimum absolute atomic E-state index is 0.0728. The fourth-order valence-electron chi connectivity index (χ4n) is 2.05. The molecular weight excluding hydrogens is 388 g/mol. The number of benzene rings is 2. The Balaban J connectivity index is 1.79. The lowest BCUT2D eigenvalue weighted by molar-refractivity contribution is 0.286. The number of aryl methyl sites for hydroxylation is 1. The zero-order chi connectivity index (χ0) is 17.5. The molecule has 0 aliphatic carbocycles. The summed E-state index contributed by atoms with van der Waals surface area (Å²) in [6.45, 7) is 4.56. The molecule has 2 rings (SSSR count). The Hall–Kier alpha value is -1.79. The van der Waals surface area contributed by atoms with Crippen LogP contribution in [0.2, 0.25) is 0 Å². The van der Waals surface area contributed by atoms with Gasteiger partial charge in [0.25, 0.3) is 0 Å². The molecule has 2 aromatic carbocycles. The monoisotopic (exact) mass is 408 g/mol. The minimum atomic E-state index is 0.0728. The Morgan fingerprint density at radius 1 is 1.17 bits per heavy atom. The summed E-state index contributed by atoms with van der Waals surface area (Å²) in [5.41, 5.74) is 2.11. The van der Waals surface area contributed by atoms with E-state index in [1.54, 1.807) is 7.11 Å². The molecule has 0 amide bonds. The smallest absolute Gasteiger partial charge is 0.171 e. The first kappa shape index (κ1) is 18.5. The Morgan fingerprint density at radius 2 is 1.83 bits per heavy atom. The second kappa shape index (κ2) is 8.89. The van der Waals surface area contributed by atoms with E-state index in [1.807, 2.05) is 56.3 Å². The van der Waals surface area contributed by atoms with Crippen molar-refractivity contribution in [2.24, 2.45) is 0 Å². The molecule has 0 aromatic heterocycles. The summed E-state index contributed by atoms with van der Waals surface area (Å²) in [6, 6.07) is 13.6. The van der Waals surface area contributed by atoms with Gasteiger partial charge in [-0.05, 0) is 74.1 Å². The van der Waals surface area contributed by atoms with Crippen LogP contribution in [0.1, 0.15) is 12.5 Å². The second-order valence-electron chi connectivity index (χ2n) is 5.45. The van der Waals surface area contributed by atoms with E-state index in [0.29, 0.717) is 11.7 Å². The van der Waals surface area contributed by atoms with Crippen molar-refractivity contribution in [1.29, 1.82) is 0 Å². The van der Waals surface area contributed by atoms with Crippen LogP contribution in [0.5, 0.6) is 11.5 Å². The van der Waals surface area contributed by atoms with Gasteiger partial charge in [0.1, 0.15) is 18.1 Å². The van der Waals surface area contributed by atoms with E-state index in [-0.39, 0.29) is 6.04 Å². The molecule has 128 valence electrons. The number of hydrogen-bond acceptors (Lipinski definition) is 3. The predicted molar refractivity (Wildman–Crippen MR) is 106 cm³/mol. The van der Waals surface area contributed by atoms with E-state index in [0.717, 1.165) is 27.2 Å². The van der Waals surface area contributed by atoms with Crippen LogP contribution in [0.4, 0.5) is 5.69 Å². The third-order valence-electron chi connectivity index (χ3n) is 3.35. The maximum Gasteiger partial charge on any atom is 0.171 e. The van der Waals surface area contributed by atoms with Gasteiger partial charge in [-0.1, -0.05) is 15.9 Å². The number of thiocarbonyl (C=S) groups is 1. The van der Waals surface area contributed by atoms with Crippen LogP contribution in [-0.4, -0.2) is 24.9 Å². The lowest BCUT2D eigenvalue weighted by atomic mass is 10.2. The number of ether oxygens (including phenoxy) is 2. The van der Waals surface area contributed by atoms with Gasteiger partial charge in [0.15, 0.2) is 5.11 Å². The Kier molecular flexibility index (Phi) is 6.87. The van der Waals surface area contributed by atoms with Crippen LogP contribution in [0.3, 0.4) is 0 Å². The molecule has 1 atom stereocenters. The summed E-state index contributed by atoms with van der Waals surface area (Å²) in [5, 5.41) is 6.97. The molecule has 0 aliphatic heterocycles. The van der Waals surface area contributed by atoms with Crippen molar-refractivity contribution in [1.82, 2.24) is 5.32 Å². The highest BCUT2D eigenvalue weighted by atomic mass is 79.9. The maximum absolute atomic E-state index is 5.74. The van der Waals surface area contributed by atoms with Gasteiger partial charge in [-0.25, -0.2) is 0 Å². The van der Waals surface area contributed by atoms with Crippen molar-refractivity contribution >= 4 is 38.9 Å². The van der Waals surface area contributed by atoms with E-state index in [2.05, 4.69) is 26.6 Å². The van der Waals surface area contributed by atoms with Crippen molar-refractivity contribution in [3.63, 3.8) is 0 Å². The minimum Gasteiger partial charge on any atom is -0.497 e. The molecule has 6 heteroatoms. The highest BCUT2D eigenvalue weighted by Crippen LogP contribution is 2.20. The summed E-state index contributed by atoms with van der Waals surface area (Å²) < 4.78 is 11.9. The quantitative estimate of drug-likeness (QED) is 0.687. The third kappa shape index (κ3) is 5.69. The molecule has 0 radical (unpaired) electrons. The van der Waals surface area contributed by atoms with E-state index in [4.69, 9.17) is 21.7 Å². The zero-order valence-electron chi connectivity index (χ0n) is 13.9. The molecule has 1 unspecified atom stereocenters. The van der Waals surface area contributed by atoms with Gasteiger partial charge in [-0.15, -0.1) is 0 Å². The number of methoxy groups -OCH3 is 1. The van der Waals surface area contributed by atoms with Crippen molar-refractivity contribution in [2.75, 3.05) is 19.0 Å². The SMILES string of the molecule is COc1ccc(OCC(C)NC(=S)Nc2ccc(Br)c(C)c2)cc1. The molecule has 0 aliphatic rings. The average molecular weight is 409 g/mol. The number of halogens is 1. The van der Waals surface area contributed by atoms with Gasteiger partial charge in [0.05, 0.1) is 13.2 Å². The summed E-state index contributed by atoms with van der Waals surface area (Å²) in [4.78, 5) is 0. The fourth-order valence-corrected chi connectivity index (χ4v) is 2.61. The Bertz CT molecular complexity index is 692. The van der Waals surface area contributed by atoms with Gasteiger partial charge < -0.3 is 20.1 Å². The van der Waals surface area contributed by atoms with E-state index in [9.17, 15) is 0 Å². The van der Waals surface area contributed by atoms with E-state index >= 15 is 0 Å². The molecule has 2 N–H and O–H groups in total. The maximum atomic E-state index is 5.74. The van der Waals surface area contributed by atoms with Crippen LogP contribution in [0.15, 0.2) is 46.9 Å². The molecule has 0 saturated heterocycles. The van der Waals surface area contributed by atoms with Crippen LogP contribution in [0, 0.1) is 6.92 Å². The number of nitrogens with one attached hydrogen (secondary N) is 2. The zero-order valence-corrected chi connectivity index (χ0v) is 16.3. The van der Waals surface area contributed by atoms with Crippen LogP contribution in [-0.2, 0) is 0 Å². The first-order valence-corrected chi connectivity index (χ1v) is 8.78. The predicted octanol–water partition coefficient (Wildman–Crippen LogP) is 4.52. The Labute approximate surface area is 156 Å². The number of hydrogen-bond donors (Lipinski definition) is 2. The third-order valence-corrected chi connectivity index (χ3v) is 4.46. The topological polar surface area (TPSA) is 42.5 Å². The first-order chi connectivity index (χ1) is 11.5. The van der Waals surface area contributed by atoms with Gasteiger partial charge in [0, 0.05) is 10.2 Å². The fraction of sp³-hybridized carbons (Fsp3) is 0.278. The summed E-state index contributed by atoms with van der Waals surface area (Å²) in [6.07, 6.45) is 0. The largest absolute Gasteiger partial charge is 0.497 e. The standard InChI is InChI=1S/C18H21BrN2O2S/c1-12-10-14(4-9-17(12)19)21-18(24)20-13(2)11-23-16-7-5-15(22-3)6-8-16/h4-10,13H,11H2,1-3H3,(H2,20,21,24). The average Bonchev–Trinajstić information content (AvgIpc) is 2.56. The highest BCUT2D eigenvalue weighted by Gasteiger charge is 2.06. The molecule has 0 fully saturated rings. The van der Waals surface area contributed by atoms with Gasteiger partial charge in [-0.3, -0.25) is 0 Å². The molecule has 24 heavy (non-hydrogen) atoms. The molecular formula is C18H21BrN2O2S. The summed E-state index contributed by atoms with van der Waals surface area (Å²) in [7, 11) is 1.64. The normalized spacial score (nSPS) is 11.5. The summed E-state index contributed by atoms with van der Waals surface area (Å²) in [5.74, 6) is 1.61. The van der Waals surface area contributed by atoms with E-state index in [1.165, 1.54) is 0 Å². The molecule has 4 nitrogen and oxygen atoms in total. The van der Waals surface area contributed by atoms with Crippen molar-refractivity contribution in [3.8, 4) is 11.5 Å². The lowest BCUT2D eigenvalue weighted by Crippen LogP contribution is -2.39. The number of anilines is 1. The van der Waals surface area contributed by atoms with Gasteiger partial charge in [0.2, 0.25) is 0 Å². The molecule has 0 bridgehead atoms.